The fourth-order valence-corrected chi connectivity index (χ4v) is 0.836. The van der Waals surface area contributed by atoms with Gasteiger partial charge in [0.05, 0.1) is 0 Å². The van der Waals surface area contributed by atoms with Gasteiger partial charge in [-0.1, -0.05) is 25.5 Å². The molecule has 0 radical (unpaired) electrons. The third-order valence-electron chi connectivity index (χ3n) is 1.33. The first kappa shape index (κ1) is 13.8. The maximum absolute atomic E-state index is 10.3. The first-order chi connectivity index (χ1) is 4.72. The quantitative estimate of drug-likeness (QED) is 0.347. The minimum Gasteiger partial charge on any atom is -0.550 e. The van der Waals surface area contributed by atoms with Crippen LogP contribution in [0.25, 0.3) is 0 Å². The molecule has 0 aliphatic carbocycles. The van der Waals surface area contributed by atoms with Gasteiger partial charge in [-0.05, 0) is 13.3 Å². The summed E-state index contributed by atoms with van der Waals surface area (Å²) in [4.78, 5) is 10.3. The topological polar surface area (TPSA) is 40.1 Å². The maximum atomic E-state index is 10.3. The number of carbonyl (C=O) groups excluding carboxylic acids is 1. The van der Waals surface area contributed by atoms with Gasteiger partial charge >= 0.3 is 29.6 Å². The van der Waals surface area contributed by atoms with Crippen LogP contribution in [0.15, 0.2) is 12.2 Å². The Balaban J connectivity index is 0. The van der Waals surface area contributed by atoms with Crippen molar-refractivity contribution < 1.29 is 39.5 Å². The molecule has 2 nitrogen and oxygen atoms in total. The monoisotopic (exact) mass is 164 g/mol. The summed E-state index contributed by atoms with van der Waals surface area (Å²) < 4.78 is 0. The van der Waals surface area contributed by atoms with Gasteiger partial charge in [0.15, 0.2) is 0 Å². The fraction of sp³-hybridized carbons (Fsp3) is 0.625. The van der Waals surface area contributed by atoms with Gasteiger partial charge < -0.3 is 9.90 Å². The first-order valence-electron chi connectivity index (χ1n) is 3.56. The van der Waals surface area contributed by atoms with Crippen molar-refractivity contribution in [1.82, 2.24) is 0 Å². The van der Waals surface area contributed by atoms with E-state index in [-0.39, 0.29) is 29.6 Å². The molecule has 0 aliphatic heterocycles. The average molecular weight is 164 g/mol. The summed E-state index contributed by atoms with van der Waals surface area (Å²) in [6.07, 6.45) is 4.96. The standard InChI is InChI=1S/C8H14O2.Na/c1-3-5-7(6-4-2)8(9)10;/h3,5,7H,4,6H2,1-2H3,(H,9,10);/q;+1/p-1/b5-3+;. The van der Waals surface area contributed by atoms with Crippen molar-refractivity contribution in [3.63, 3.8) is 0 Å². The second-order valence-corrected chi connectivity index (χ2v) is 2.24. The summed E-state index contributed by atoms with van der Waals surface area (Å²) in [5, 5.41) is 10.3. The number of hydrogen-bond acceptors (Lipinski definition) is 2. The molecule has 0 N–H and O–H groups in total. The largest absolute Gasteiger partial charge is 1.00 e. The van der Waals surface area contributed by atoms with Gasteiger partial charge in [-0.25, -0.2) is 0 Å². The predicted molar refractivity (Wildman–Crippen MR) is 38.2 cm³/mol. The third-order valence-corrected chi connectivity index (χ3v) is 1.33. The van der Waals surface area contributed by atoms with Crippen LogP contribution < -0.4 is 34.7 Å². The van der Waals surface area contributed by atoms with Crippen LogP contribution in [0, 0.1) is 5.92 Å². The van der Waals surface area contributed by atoms with Gasteiger partial charge in [0.25, 0.3) is 0 Å². The van der Waals surface area contributed by atoms with E-state index in [1.54, 1.807) is 12.2 Å². The van der Waals surface area contributed by atoms with Crippen molar-refractivity contribution in [3.8, 4) is 0 Å². The second kappa shape index (κ2) is 8.31. The van der Waals surface area contributed by atoms with E-state index in [1.165, 1.54) is 0 Å². The van der Waals surface area contributed by atoms with E-state index >= 15 is 0 Å². The Hall–Kier alpha value is 0.210. The molecule has 0 amide bonds. The molecule has 1 unspecified atom stereocenters. The van der Waals surface area contributed by atoms with Crippen LogP contribution in [0.3, 0.4) is 0 Å². The van der Waals surface area contributed by atoms with Crippen molar-refractivity contribution >= 4 is 5.97 Å². The zero-order valence-electron chi connectivity index (χ0n) is 7.46. The molecular weight excluding hydrogens is 151 g/mol. The maximum Gasteiger partial charge on any atom is 1.00 e. The Bertz CT molecular complexity index is 132. The molecule has 1 atom stereocenters. The molecule has 3 heteroatoms. The Kier molecular flexibility index (Phi) is 10.4. The van der Waals surface area contributed by atoms with Crippen LogP contribution in [0.4, 0.5) is 0 Å². The number of carboxylic acid groups (broad SMARTS) is 1. The van der Waals surface area contributed by atoms with Crippen molar-refractivity contribution in [3.05, 3.63) is 12.2 Å². The summed E-state index contributed by atoms with van der Waals surface area (Å²) in [6.45, 7) is 3.77. The number of rotatable bonds is 4. The summed E-state index contributed by atoms with van der Waals surface area (Å²) >= 11 is 0. The van der Waals surface area contributed by atoms with Crippen LogP contribution >= 0.6 is 0 Å². The van der Waals surface area contributed by atoms with Gasteiger partial charge in [-0.2, -0.15) is 0 Å². The normalized spacial score (nSPS) is 12.5. The van der Waals surface area contributed by atoms with Crippen molar-refractivity contribution in [1.29, 1.82) is 0 Å². The Labute approximate surface area is 90.0 Å². The molecule has 0 aromatic rings. The Morgan fingerprint density at radius 1 is 1.64 bits per heavy atom. The van der Waals surface area contributed by atoms with Crippen LogP contribution in [0.2, 0.25) is 0 Å². The van der Waals surface area contributed by atoms with Gasteiger partial charge in [-0.15, -0.1) is 0 Å². The molecule has 0 saturated heterocycles. The Morgan fingerprint density at radius 2 is 2.18 bits per heavy atom. The number of allylic oxidation sites excluding steroid dienone is 1. The molecule has 0 fully saturated rings. The van der Waals surface area contributed by atoms with Crippen LogP contribution in [-0.2, 0) is 4.79 Å². The molecule has 0 aromatic heterocycles. The molecule has 0 rings (SSSR count). The molecule has 0 spiro atoms. The van der Waals surface area contributed by atoms with Gasteiger partial charge in [0.2, 0.25) is 0 Å². The van der Waals surface area contributed by atoms with Crippen molar-refractivity contribution in [2.24, 2.45) is 5.92 Å². The van der Waals surface area contributed by atoms with Gasteiger partial charge in [-0.3, -0.25) is 0 Å². The van der Waals surface area contributed by atoms with E-state index in [9.17, 15) is 9.90 Å². The Morgan fingerprint density at radius 3 is 2.45 bits per heavy atom. The van der Waals surface area contributed by atoms with Crippen LogP contribution in [0.5, 0.6) is 0 Å². The molecule has 0 heterocycles. The van der Waals surface area contributed by atoms with E-state index < -0.39 is 11.9 Å². The van der Waals surface area contributed by atoms with E-state index in [2.05, 4.69) is 0 Å². The van der Waals surface area contributed by atoms with E-state index in [4.69, 9.17) is 0 Å². The van der Waals surface area contributed by atoms with Crippen molar-refractivity contribution in [2.75, 3.05) is 0 Å². The zero-order valence-corrected chi connectivity index (χ0v) is 9.46. The summed E-state index contributed by atoms with van der Waals surface area (Å²) in [5.41, 5.74) is 0. The average Bonchev–Trinajstić information content (AvgIpc) is 1.87. The van der Waals surface area contributed by atoms with E-state index in [0.29, 0.717) is 6.42 Å². The number of carbonyl (C=O) groups is 1. The summed E-state index contributed by atoms with van der Waals surface area (Å²) in [7, 11) is 0. The fourth-order valence-electron chi connectivity index (χ4n) is 0.836. The minimum absolute atomic E-state index is 0. The summed E-state index contributed by atoms with van der Waals surface area (Å²) in [5.74, 6) is -1.37. The molecule has 0 aliphatic rings. The van der Waals surface area contributed by atoms with Crippen LogP contribution in [0.1, 0.15) is 26.7 Å². The van der Waals surface area contributed by atoms with Gasteiger partial charge in [0.1, 0.15) is 0 Å². The minimum atomic E-state index is -0.972. The van der Waals surface area contributed by atoms with E-state index in [1.807, 2.05) is 13.8 Å². The molecule has 58 valence electrons. The molecule has 0 aromatic carbocycles. The van der Waals surface area contributed by atoms with E-state index in [0.717, 1.165) is 6.42 Å². The zero-order chi connectivity index (χ0) is 7.98. The predicted octanol–water partition coefficient (Wildman–Crippen LogP) is -2.27. The molecular formula is C8H13NaO2. The molecule has 11 heavy (non-hydrogen) atoms. The summed E-state index contributed by atoms with van der Waals surface area (Å²) in [6, 6.07) is 0. The van der Waals surface area contributed by atoms with Crippen molar-refractivity contribution in [2.45, 2.75) is 26.7 Å². The smallest absolute Gasteiger partial charge is 0.550 e. The number of carboxylic acids is 1. The molecule has 0 saturated carbocycles. The first-order valence-corrected chi connectivity index (χ1v) is 3.56. The second-order valence-electron chi connectivity index (χ2n) is 2.24. The third kappa shape index (κ3) is 6.60. The number of hydrogen-bond donors (Lipinski definition) is 0. The number of aliphatic carboxylic acids is 1. The SMILES string of the molecule is C/C=C/C(CCC)C(=O)[O-].[Na+]. The molecule has 0 bridgehead atoms. The van der Waals surface area contributed by atoms with Crippen LogP contribution in [-0.4, -0.2) is 5.97 Å². The van der Waals surface area contributed by atoms with Gasteiger partial charge in [0, 0.05) is 11.9 Å².